The minimum Gasteiger partial charge on any atom is -0.379 e. The normalized spacial score (nSPS) is 24.1. The summed E-state index contributed by atoms with van der Waals surface area (Å²) in [5, 5.41) is 3.04. The van der Waals surface area contributed by atoms with Crippen molar-refractivity contribution in [2.24, 2.45) is 0 Å². The van der Waals surface area contributed by atoms with Crippen LogP contribution in [0.4, 0.5) is 0 Å². The quantitative estimate of drug-likeness (QED) is 0.866. The first-order valence-corrected chi connectivity index (χ1v) is 6.92. The molecule has 1 amide bonds. The van der Waals surface area contributed by atoms with Gasteiger partial charge in [-0.15, -0.1) is 0 Å². The Kier molecular flexibility index (Phi) is 4.00. The van der Waals surface area contributed by atoms with Crippen molar-refractivity contribution in [2.45, 2.75) is 18.1 Å². The third kappa shape index (κ3) is 2.85. The lowest BCUT2D eigenvalue weighted by molar-refractivity contribution is -0.140. The monoisotopic (exact) mass is 277 g/mol. The Balaban J connectivity index is 1.56. The predicted octanol–water partition coefficient (Wildman–Crippen LogP) is 0.834. The highest BCUT2D eigenvalue weighted by molar-refractivity contribution is 5.78. The molecule has 2 fully saturated rings. The number of amides is 1. The molecular weight excluding hydrogens is 258 g/mol. The third-order valence-corrected chi connectivity index (χ3v) is 3.74. The SMILES string of the molecule is O=C(COC1CCOC1)NC1(c2ccccc2)COC1. The predicted molar refractivity (Wildman–Crippen MR) is 72.3 cm³/mol. The van der Waals surface area contributed by atoms with Crippen molar-refractivity contribution in [3.8, 4) is 0 Å². The van der Waals surface area contributed by atoms with Crippen LogP contribution < -0.4 is 5.32 Å². The van der Waals surface area contributed by atoms with Crippen molar-refractivity contribution in [2.75, 3.05) is 33.0 Å². The van der Waals surface area contributed by atoms with Crippen molar-refractivity contribution in [3.63, 3.8) is 0 Å². The van der Waals surface area contributed by atoms with E-state index in [4.69, 9.17) is 14.2 Å². The largest absolute Gasteiger partial charge is 0.379 e. The van der Waals surface area contributed by atoms with Gasteiger partial charge in [0.15, 0.2) is 0 Å². The van der Waals surface area contributed by atoms with Crippen LogP contribution in [0.1, 0.15) is 12.0 Å². The first-order valence-electron chi connectivity index (χ1n) is 6.92. The van der Waals surface area contributed by atoms with Gasteiger partial charge in [0, 0.05) is 6.61 Å². The van der Waals surface area contributed by atoms with E-state index in [0.717, 1.165) is 12.0 Å². The highest BCUT2D eigenvalue weighted by atomic mass is 16.5. The van der Waals surface area contributed by atoms with Crippen LogP contribution in [-0.4, -0.2) is 45.0 Å². The van der Waals surface area contributed by atoms with E-state index in [9.17, 15) is 4.79 Å². The van der Waals surface area contributed by atoms with Gasteiger partial charge in [0.05, 0.1) is 25.9 Å². The summed E-state index contributed by atoms with van der Waals surface area (Å²) in [4.78, 5) is 12.0. The highest BCUT2D eigenvalue weighted by Gasteiger charge is 2.41. The minimum atomic E-state index is -0.395. The van der Waals surface area contributed by atoms with Crippen molar-refractivity contribution in [1.82, 2.24) is 5.32 Å². The Morgan fingerprint density at radius 2 is 2.10 bits per heavy atom. The van der Waals surface area contributed by atoms with Gasteiger partial charge in [-0.25, -0.2) is 0 Å². The number of nitrogens with one attached hydrogen (secondary N) is 1. The molecule has 20 heavy (non-hydrogen) atoms. The van der Waals surface area contributed by atoms with E-state index in [1.54, 1.807) is 0 Å². The Labute approximate surface area is 118 Å². The summed E-state index contributed by atoms with van der Waals surface area (Å²) in [6.07, 6.45) is 0.909. The molecule has 0 aromatic heterocycles. The second-order valence-corrected chi connectivity index (χ2v) is 5.29. The number of carbonyl (C=O) groups is 1. The zero-order valence-electron chi connectivity index (χ0n) is 11.3. The molecule has 5 heteroatoms. The average molecular weight is 277 g/mol. The summed E-state index contributed by atoms with van der Waals surface area (Å²) in [7, 11) is 0. The first-order chi connectivity index (χ1) is 9.78. The summed E-state index contributed by atoms with van der Waals surface area (Å²) < 4.78 is 16.0. The Hall–Kier alpha value is -1.43. The van der Waals surface area contributed by atoms with Crippen molar-refractivity contribution >= 4 is 5.91 Å². The molecule has 1 N–H and O–H groups in total. The zero-order valence-corrected chi connectivity index (χ0v) is 11.3. The van der Waals surface area contributed by atoms with Gasteiger partial charge >= 0.3 is 0 Å². The van der Waals surface area contributed by atoms with Gasteiger partial charge in [-0.05, 0) is 12.0 Å². The summed E-state index contributed by atoms with van der Waals surface area (Å²) in [5.74, 6) is -0.107. The van der Waals surface area contributed by atoms with Crippen molar-refractivity contribution in [1.29, 1.82) is 0 Å². The van der Waals surface area contributed by atoms with Crippen LogP contribution in [0.15, 0.2) is 30.3 Å². The number of carbonyl (C=O) groups excluding carboxylic acids is 1. The van der Waals surface area contributed by atoms with E-state index in [0.29, 0.717) is 26.4 Å². The molecule has 2 heterocycles. The maximum Gasteiger partial charge on any atom is 0.246 e. The lowest BCUT2D eigenvalue weighted by atomic mass is 9.88. The molecular formula is C15H19NO4. The van der Waals surface area contributed by atoms with Crippen LogP contribution >= 0.6 is 0 Å². The molecule has 2 aliphatic heterocycles. The molecule has 0 radical (unpaired) electrons. The molecule has 1 unspecified atom stereocenters. The standard InChI is InChI=1S/C15H19NO4/c17-14(9-20-13-6-7-18-8-13)16-15(10-19-11-15)12-4-2-1-3-5-12/h1-5,13H,6-11H2,(H,16,17). The van der Waals surface area contributed by atoms with Gasteiger partial charge in [-0.3, -0.25) is 4.79 Å². The van der Waals surface area contributed by atoms with Crippen LogP contribution in [0.25, 0.3) is 0 Å². The molecule has 0 saturated carbocycles. The van der Waals surface area contributed by atoms with Crippen LogP contribution in [0.3, 0.4) is 0 Å². The minimum absolute atomic E-state index is 0.0473. The Morgan fingerprint density at radius 3 is 2.70 bits per heavy atom. The van der Waals surface area contributed by atoms with E-state index >= 15 is 0 Å². The van der Waals surface area contributed by atoms with Crippen LogP contribution in [0.5, 0.6) is 0 Å². The second-order valence-electron chi connectivity index (χ2n) is 5.29. The molecule has 0 bridgehead atoms. The van der Waals surface area contributed by atoms with Gasteiger partial charge in [-0.1, -0.05) is 30.3 Å². The summed E-state index contributed by atoms with van der Waals surface area (Å²) >= 11 is 0. The van der Waals surface area contributed by atoms with E-state index < -0.39 is 5.54 Å². The van der Waals surface area contributed by atoms with E-state index in [-0.39, 0.29) is 18.6 Å². The lowest BCUT2D eigenvalue weighted by Gasteiger charge is -2.42. The number of rotatable bonds is 5. The Bertz CT molecular complexity index is 452. The van der Waals surface area contributed by atoms with E-state index in [1.807, 2.05) is 30.3 Å². The number of ether oxygens (including phenoxy) is 3. The van der Waals surface area contributed by atoms with Gasteiger partial charge in [-0.2, -0.15) is 0 Å². The van der Waals surface area contributed by atoms with Gasteiger partial charge in [0.2, 0.25) is 5.91 Å². The highest BCUT2D eigenvalue weighted by Crippen LogP contribution is 2.29. The lowest BCUT2D eigenvalue weighted by Crippen LogP contribution is -2.60. The maximum atomic E-state index is 12.0. The number of benzene rings is 1. The molecule has 1 atom stereocenters. The van der Waals surface area contributed by atoms with E-state index in [1.165, 1.54) is 0 Å². The molecule has 1 aromatic rings. The van der Waals surface area contributed by atoms with Crippen molar-refractivity contribution < 1.29 is 19.0 Å². The first kappa shape index (κ1) is 13.5. The Morgan fingerprint density at radius 1 is 1.30 bits per heavy atom. The fraction of sp³-hybridized carbons (Fsp3) is 0.533. The zero-order chi connectivity index (χ0) is 13.8. The van der Waals surface area contributed by atoms with E-state index in [2.05, 4.69) is 5.32 Å². The molecule has 5 nitrogen and oxygen atoms in total. The molecule has 2 aliphatic rings. The number of hydrogen-bond donors (Lipinski definition) is 1. The van der Waals surface area contributed by atoms with Gasteiger partial charge < -0.3 is 19.5 Å². The fourth-order valence-corrected chi connectivity index (χ4v) is 2.52. The molecule has 0 aliphatic carbocycles. The van der Waals surface area contributed by atoms with Crippen LogP contribution in [0, 0.1) is 0 Å². The number of hydrogen-bond acceptors (Lipinski definition) is 4. The topological polar surface area (TPSA) is 56.8 Å². The summed E-state index contributed by atoms with van der Waals surface area (Å²) in [5.41, 5.74) is 0.678. The fourth-order valence-electron chi connectivity index (χ4n) is 2.52. The molecule has 3 rings (SSSR count). The smallest absolute Gasteiger partial charge is 0.246 e. The van der Waals surface area contributed by atoms with Gasteiger partial charge in [0.1, 0.15) is 12.1 Å². The van der Waals surface area contributed by atoms with Gasteiger partial charge in [0.25, 0.3) is 0 Å². The maximum absolute atomic E-state index is 12.0. The second kappa shape index (κ2) is 5.91. The third-order valence-electron chi connectivity index (χ3n) is 3.74. The molecule has 2 saturated heterocycles. The summed E-state index contributed by atoms with van der Waals surface area (Å²) in [6.45, 7) is 2.39. The molecule has 1 aromatic carbocycles. The molecule has 108 valence electrons. The average Bonchev–Trinajstić information content (AvgIpc) is 2.95. The van der Waals surface area contributed by atoms with Crippen LogP contribution in [-0.2, 0) is 24.5 Å². The van der Waals surface area contributed by atoms with Crippen molar-refractivity contribution in [3.05, 3.63) is 35.9 Å². The molecule has 0 spiro atoms. The van der Waals surface area contributed by atoms with Crippen LogP contribution in [0.2, 0.25) is 0 Å². The summed E-state index contributed by atoms with van der Waals surface area (Å²) in [6, 6.07) is 9.91.